The number of dihydropyridines is 1. The van der Waals surface area contributed by atoms with Crippen molar-refractivity contribution in [2.75, 3.05) is 13.2 Å². The number of amides is 1. The number of hydrogen-bond donors (Lipinski definition) is 0. The maximum absolute atomic E-state index is 11.5. The van der Waals surface area contributed by atoms with Gasteiger partial charge in [-0.25, -0.2) is 4.99 Å². The molecule has 1 heterocycles. The molecule has 0 spiro atoms. The number of carbonyl (C=O) groups is 2. The maximum Gasteiger partial charge on any atom is 0.280 e. The second-order valence-corrected chi connectivity index (χ2v) is 4.01. The van der Waals surface area contributed by atoms with Gasteiger partial charge in [0.2, 0.25) is 0 Å². The van der Waals surface area contributed by atoms with Crippen LogP contribution >= 0.6 is 0 Å². The highest BCUT2D eigenvalue weighted by atomic mass is 16.5. The van der Waals surface area contributed by atoms with Crippen LogP contribution in [0.4, 0.5) is 0 Å². The monoisotopic (exact) mass is 261 g/mol. The van der Waals surface area contributed by atoms with E-state index in [1.54, 1.807) is 12.2 Å². The lowest BCUT2D eigenvalue weighted by Crippen LogP contribution is -2.23. The highest BCUT2D eigenvalue weighted by molar-refractivity contribution is 6.20. The van der Waals surface area contributed by atoms with Crippen molar-refractivity contribution in [1.29, 1.82) is 0 Å². The quantitative estimate of drug-likeness (QED) is 0.556. The molecule has 0 saturated carbocycles. The van der Waals surface area contributed by atoms with Gasteiger partial charge < -0.3 is 9.47 Å². The summed E-state index contributed by atoms with van der Waals surface area (Å²) in [6.07, 6.45) is 5.62. The van der Waals surface area contributed by atoms with Crippen LogP contribution in [0.1, 0.15) is 13.8 Å². The molecule has 100 valence electrons. The minimum absolute atomic E-state index is 0.0779. The average molecular weight is 261 g/mol. The molecule has 0 fully saturated rings. The third kappa shape index (κ3) is 2.65. The predicted octanol–water partition coefficient (Wildman–Crippen LogP) is 1.56. The summed E-state index contributed by atoms with van der Waals surface area (Å²) in [5.74, 6) is 0.449. The van der Waals surface area contributed by atoms with Crippen molar-refractivity contribution in [2.24, 2.45) is 10.9 Å². The van der Waals surface area contributed by atoms with Gasteiger partial charge in [0.1, 0.15) is 0 Å². The first-order valence-corrected chi connectivity index (χ1v) is 6.19. The molecular formula is C14H15NO4. The van der Waals surface area contributed by atoms with Gasteiger partial charge in [-0.2, -0.15) is 0 Å². The minimum atomic E-state index is -0.512. The SMILES string of the molecule is CCOC1=CC2=NC(=O)C(C=O)=CC2C=C1OCC. The van der Waals surface area contributed by atoms with Gasteiger partial charge in [0.05, 0.1) is 24.5 Å². The lowest BCUT2D eigenvalue weighted by molar-refractivity contribution is -0.116. The van der Waals surface area contributed by atoms with Crippen molar-refractivity contribution >= 4 is 17.9 Å². The summed E-state index contributed by atoms with van der Waals surface area (Å²) < 4.78 is 11.0. The summed E-state index contributed by atoms with van der Waals surface area (Å²) in [6, 6.07) is 0. The molecule has 1 unspecified atom stereocenters. The third-order valence-electron chi connectivity index (χ3n) is 2.76. The zero-order chi connectivity index (χ0) is 13.8. The predicted molar refractivity (Wildman–Crippen MR) is 69.5 cm³/mol. The normalized spacial score (nSPS) is 21.6. The first kappa shape index (κ1) is 13.3. The van der Waals surface area contributed by atoms with Gasteiger partial charge >= 0.3 is 0 Å². The Morgan fingerprint density at radius 1 is 1.21 bits per heavy atom. The van der Waals surface area contributed by atoms with Gasteiger partial charge in [-0.3, -0.25) is 9.59 Å². The topological polar surface area (TPSA) is 65.0 Å². The molecule has 0 aromatic carbocycles. The number of aliphatic imine (C=N–C) groups is 1. The number of fused-ring (bicyclic) bond motifs is 1. The molecule has 0 aromatic heterocycles. The Kier molecular flexibility index (Phi) is 3.94. The first-order valence-electron chi connectivity index (χ1n) is 6.19. The fourth-order valence-corrected chi connectivity index (χ4v) is 1.95. The standard InChI is InChI=1S/C14H15NO4/c1-3-18-12-6-9-5-10(8-16)14(17)15-11(9)7-13(12)19-4-2/h5-9H,3-4H2,1-2H3. The summed E-state index contributed by atoms with van der Waals surface area (Å²) >= 11 is 0. The summed E-state index contributed by atoms with van der Waals surface area (Å²) in [4.78, 5) is 26.2. The van der Waals surface area contributed by atoms with Crippen molar-refractivity contribution in [3.05, 3.63) is 35.3 Å². The average Bonchev–Trinajstić information content (AvgIpc) is 2.40. The van der Waals surface area contributed by atoms with E-state index >= 15 is 0 Å². The van der Waals surface area contributed by atoms with Crippen LogP contribution in [-0.4, -0.2) is 31.1 Å². The zero-order valence-corrected chi connectivity index (χ0v) is 10.9. The number of carbonyl (C=O) groups excluding carboxylic acids is 2. The van der Waals surface area contributed by atoms with Crippen molar-refractivity contribution in [1.82, 2.24) is 0 Å². The van der Waals surface area contributed by atoms with Crippen LogP contribution in [0, 0.1) is 5.92 Å². The molecule has 1 aliphatic carbocycles. The fourth-order valence-electron chi connectivity index (χ4n) is 1.95. The molecule has 5 heteroatoms. The van der Waals surface area contributed by atoms with E-state index in [-0.39, 0.29) is 11.5 Å². The first-order chi connectivity index (χ1) is 9.19. The van der Waals surface area contributed by atoms with E-state index in [0.29, 0.717) is 36.7 Å². The molecule has 1 aliphatic heterocycles. The number of ether oxygens (including phenoxy) is 2. The van der Waals surface area contributed by atoms with Crippen LogP contribution in [0.5, 0.6) is 0 Å². The van der Waals surface area contributed by atoms with E-state index < -0.39 is 5.91 Å². The van der Waals surface area contributed by atoms with Crippen molar-refractivity contribution < 1.29 is 19.1 Å². The molecular weight excluding hydrogens is 246 g/mol. The third-order valence-corrected chi connectivity index (χ3v) is 2.76. The van der Waals surface area contributed by atoms with Crippen molar-refractivity contribution in [3.63, 3.8) is 0 Å². The molecule has 5 nitrogen and oxygen atoms in total. The van der Waals surface area contributed by atoms with Crippen LogP contribution in [-0.2, 0) is 19.1 Å². The number of nitrogens with zero attached hydrogens (tertiary/aromatic N) is 1. The highest BCUT2D eigenvalue weighted by Gasteiger charge is 2.27. The largest absolute Gasteiger partial charge is 0.490 e. The molecule has 1 atom stereocenters. The summed E-state index contributed by atoms with van der Waals surface area (Å²) in [5.41, 5.74) is 0.650. The van der Waals surface area contributed by atoms with E-state index in [0.717, 1.165) is 0 Å². The summed E-state index contributed by atoms with van der Waals surface area (Å²) in [5, 5.41) is 0. The Morgan fingerprint density at radius 3 is 2.53 bits per heavy atom. The fraction of sp³-hybridized carbons (Fsp3) is 0.357. The minimum Gasteiger partial charge on any atom is -0.490 e. The molecule has 2 rings (SSSR count). The molecule has 0 N–H and O–H groups in total. The van der Waals surface area contributed by atoms with E-state index in [1.165, 1.54) is 0 Å². The Balaban J connectivity index is 2.36. The van der Waals surface area contributed by atoms with E-state index in [9.17, 15) is 9.59 Å². The van der Waals surface area contributed by atoms with E-state index in [4.69, 9.17) is 9.47 Å². The number of aldehydes is 1. The number of hydrogen-bond acceptors (Lipinski definition) is 4. The van der Waals surface area contributed by atoms with E-state index in [2.05, 4.69) is 4.99 Å². The van der Waals surface area contributed by atoms with Gasteiger partial charge in [0.15, 0.2) is 17.8 Å². The Hall–Kier alpha value is -2.17. The van der Waals surface area contributed by atoms with Gasteiger partial charge in [-0.1, -0.05) is 6.08 Å². The molecule has 1 amide bonds. The van der Waals surface area contributed by atoms with Crippen LogP contribution in [0.25, 0.3) is 0 Å². The molecule has 19 heavy (non-hydrogen) atoms. The summed E-state index contributed by atoms with van der Waals surface area (Å²) in [7, 11) is 0. The van der Waals surface area contributed by atoms with Crippen LogP contribution in [0.2, 0.25) is 0 Å². The Morgan fingerprint density at radius 2 is 1.89 bits per heavy atom. The molecule has 2 aliphatic rings. The molecule has 0 saturated heterocycles. The molecule has 0 bridgehead atoms. The van der Waals surface area contributed by atoms with Crippen molar-refractivity contribution in [3.8, 4) is 0 Å². The number of allylic oxidation sites excluding steroid dienone is 3. The smallest absolute Gasteiger partial charge is 0.280 e. The Bertz CT molecular complexity index is 526. The highest BCUT2D eigenvalue weighted by Crippen LogP contribution is 2.27. The van der Waals surface area contributed by atoms with Crippen LogP contribution in [0.15, 0.2) is 40.3 Å². The second kappa shape index (κ2) is 5.65. The number of rotatable bonds is 5. The van der Waals surface area contributed by atoms with Crippen molar-refractivity contribution in [2.45, 2.75) is 13.8 Å². The Labute approximate surface area is 111 Å². The molecule has 0 aromatic rings. The lowest BCUT2D eigenvalue weighted by atomic mass is 9.92. The van der Waals surface area contributed by atoms with Gasteiger partial charge in [-0.05, 0) is 19.9 Å². The van der Waals surface area contributed by atoms with Gasteiger partial charge in [0.25, 0.3) is 5.91 Å². The van der Waals surface area contributed by atoms with Crippen LogP contribution < -0.4 is 0 Å². The zero-order valence-electron chi connectivity index (χ0n) is 10.9. The van der Waals surface area contributed by atoms with Crippen LogP contribution in [0.3, 0.4) is 0 Å². The second-order valence-electron chi connectivity index (χ2n) is 4.01. The van der Waals surface area contributed by atoms with Gasteiger partial charge in [-0.15, -0.1) is 0 Å². The maximum atomic E-state index is 11.5. The van der Waals surface area contributed by atoms with E-state index in [1.807, 2.05) is 19.9 Å². The lowest BCUT2D eigenvalue weighted by Gasteiger charge is -2.23. The molecule has 0 radical (unpaired) electrons. The van der Waals surface area contributed by atoms with Gasteiger partial charge in [0, 0.05) is 12.0 Å². The summed E-state index contributed by atoms with van der Waals surface area (Å²) in [6.45, 7) is 4.76.